The summed E-state index contributed by atoms with van der Waals surface area (Å²) in [6.45, 7) is 3.48. The number of anilines is 1. The molecule has 2 aliphatic rings. The lowest BCUT2D eigenvalue weighted by atomic mass is 10.0. The molecule has 32 heavy (non-hydrogen) atoms. The van der Waals surface area contributed by atoms with Crippen molar-refractivity contribution >= 4 is 21.6 Å². The van der Waals surface area contributed by atoms with E-state index in [9.17, 15) is 22.9 Å². The molecule has 1 fully saturated rings. The number of nitrogens with zero attached hydrogens (tertiary/aromatic N) is 4. The van der Waals surface area contributed by atoms with Crippen LogP contribution in [0.2, 0.25) is 0 Å². The van der Waals surface area contributed by atoms with Gasteiger partial charge in [0.25, 0.3) is 0 Å². The SMILES string of the molecule is CC(=O)N1CCCc2cc(S(=O)(=O)N3CCN([C@H](C#N)c4ccc(F)cc4)CC3)ccc21. The summed E-state index contributed by atoms with van der Waals surface area (Å²) in [7, 11) is -3.69. The molecule has 0 radical (unpaired) electrons. The Morgan fingerprint density at radius 1 is 1.06 bits per heavy atom. The lowest BCUT2D eigenvalue weighted by molar-refractivity contribution is -0.116. The summed E-state index contributed by atoms with van der Waals surface area (Å²) >= 11 is 0. The number of piperazine rings is 1. The molecule has 0 aromatic heterocycles. The highest BCUT2D eigenvalue weighted by Gasteiger charge is 2.32. The summed E-state index contributed by atoms with van der Waals surface area (Å²) in [6, 6.07) is 12.5. The number of amides is 1. The first kappa shape index (κ1) is 22.4. The summed E-state index contributed by atoms with van der Waals surface area (Å²) < 4.78 is 41.2. The first-order valence-electron chi connectivity index (χ1n) is 10.6. The van der Waals surface area contributed by atoms with Crippen LogP contribution in [0.4, 0.5) is 10.1 Å². The van der Waals surface area contributed by atoms with Crippen LogP contribution in [0.5, 0.6) is 0 Å². The van der Waals surface area contributed by atoms with E-state index in [2.05, 4.69) is 6.07 Å². The van der Waals surface area contributed by atoms with Gasteiger partial charge in [-0.05, 0) is 54.3 Å². The molecule has 0 aliphatic carbocycles. The number of carbonyl (C=O) groups excluding carboxylic acids is 1. The Balaban J connectivity index is 1.49. The van der Waals surface area contributed by atoms with Crippen LogP contribution in [-0.4, -0.2) is 56.3 Å². The predicted octanol–water partition coefficient (Wildman–Crippen LogP) is 2.70. The first-order valence-corrected chi connectivity index (χ1v) is 12.1. The van der Waals surface area contributed by atoms with E-state index in [1.807, 2.05) is 4.90 Å². The fraction of sp³-hybridized carbons (Fsp3) is 0.391. The molecule has 4 rings (SSSR count). The van der Waals surface area contributed by atoms with Crippen LogP contribution in [-0.2, 0) is 21.2 Å². The lowest BCUT2D eigenvalue weighted by Crippen LogP contribution is -2.49. The lowest BCUT2D eigenvalue weighted by Gasteiger charge is -2.36. The summed E-state index contributed by atoms with van der Waals surface area (Å²) in [4.78, 5) is 15.7. The van der Waals surface area contributed by atoms with Crippen LogP contribution in [0.1, 0.15) is 30.5 Å². The number of fused-ring (bicyclic) bond motifs is 1. The number of nitriles is 1. The third-order valence-corrected chi connectivity index (χ3v) is 8.03. The van der Waals surface area contributed by atoms with Gasteiger partial charge in [-0.3, -0.25) is 9.69 Å². The number of hydrogen-bond donors (Lipinski definition) is 0. The van der Waals surface area contributed by atoms with Crippen molar-refractivity contribution in [3.63, 3.8) is 0 Å². The van der Waals surface area contributed by atoms with Gasteiger partial charge in [-0.1, -0.05) is 12.1 Å². The molecule has 2 heterocycles. The second-order valence-corrected chi connectivity index (χ2v) is 10.0. The molecule has 2 aliphatic heterocycles. The molecule has 0 N–H and O–H groups in total. The maximum absolute atomic E-state index is 13.3. The van der Waals surface area contributed by atoms with Crippen LogP contribution in [0.15, 0.2) is 47.4 Å². The normalized spacial score (nSPS) is 18.6. The zero-order valence-corrected chi connectivity index (χ0v) is 18.7. The first-order chi connectivity index (χ1) is 15.3. The molecule has 168 valence electrons. The third-order valence-electron chi connectivity index (χ3n) is 6.13. The fourth-order valence-electron chi connectivity index (χ4n) is 4.42. The van der Waals surface area contributed by atoms with E-state index < -0.39 is 16.1 Å². The molecule has 1 saturated heterocycles. The number of benzene rings is 2. The van der Waals surface area contributed by atoms with Gasteiger partial charge in [0.1, 0.15) is 11.9 Å². The van der Waals surface area contributed by atoms with Gasteiger partial charge in [0, 0.05) is 45.3 Å². The predicted molar refractivity (Wildman–Crippen MR) is 118 cm³/mol. The third kappa shape index (κ3) is 4.26. The second kappa shape index (κ2) is 8.98. The summed E-state index contributed by atoms with van der Waals surface area (Å²) in [5, 5.41) is 9.63. The van der Waals surface area contributed by atoms with Crippen molar-refractivity contribution in [1.29, 1.82) is 5.26 Å². The smallest absolute Gasteiger partial charge is 0.243 e. The maximum atomic E-state index is 13.3. The highest BCUT2D eigenvalue weighted by atomic mass is 32.2. The van der Waals surface area contributed by atoms with Crippen LogP contribution < -0.4 is 4.90 Å². The van der Waals surface area contributed by atoms with Gasteiger partial charge >= 0.3 is 0 Å². The molecule has 2 aromatic carbocycles. The molecule has 9 heteroatoms. The van der Waals surface area contributed by atoms with Gasteiger partial charge < -0.3 is 4.90 Å². The molecule has 0 bridgehead atoms. The van der Waals surface area contributed by atoms with Gasteiger partial charge in [0.05, 0.1) is 11.0 Å². The van der Waals surface area contributed by atoms with E-state index in [1.165, 1.54) is 23.4 Å². The zero-order valence-electron chi connectivity index (χ0n) is 17.9. The molecule has 1 atom stereocenters. The van der Waals surface area contributed by atoms with E-state index in [0.29, 0.717) is 25.2 Å². The average Bonchev–Trinajstić information content (AvgIpc) is 2.80. The fourth-order valence-corrected chi connectivity index (χ4v) is 5.90. The van der Waals surface area contributed by atoms with Gasteiger partial charge in [-0.15, -0.1) is 0 Å². The number of sulfonamides is 1. The quantitative estimate of drug-likeness (QED) is 0.706. The minimum Gasteiger partial charge on any atom is -0.312 e. The Morgan fingerprint density at radius 2 is 1.75 bits per heavy atom. The standard InChI is InChI=1S/C23H25FN4O3S/c1-17(29)28-10-2-3-19-15-21(8-9-22(19)28)32(30,31)27-13-11-26(12-14-27)23(16-25)18-4-6-20(24)7-5-18/h4-9,15,23H,2-3,10-14H2,1H3/t23-/m1/s1. The minimum atomic E-state index is -3.69. The maximum Gasteiger partial charge on any atom is 0.243 e. The van der Waals surface area contributed by atoms with Crippen LogP contribution >= 0.6 is 0 Å². The average molecular weight is 457 g/mol. The number of hydrogen-bond acceptors (Lipinski definition) is 5. The number of halogens is 1. The van der Waals surface area contributed by atoms with Gasteiger partial charge in [0.2, 0.25) is 15.9 Å². The van der Waals surface area contributed by atoms with Crippen molar-refractivity contribution in [2.75, 3.05) is 37.6 Å². The Labute approximate surface area is 187 Å². The van der Waals surface area contributed by atoms with E-state index in [0.717, 1.165) is 24.1 Å². The Morgan fingerprint density at radius 3 is 2.38 bits per heavy atom. The van der Waals surface area contributed by atoms with Crippen LogP contribution in [0.3, 0.4) is 0 Å². The summed E-state index contributed by atoms with van der Waals surface area (Å²) in [5.41, 5.74) is 2.34. The van der Waals surface area contributed by atoms with E-state index >= 15 is 0 Å². The van der Waals surface area contributed by atoms with Crippen LogP contribution in [0.25, 0.3) is 0 Å². The minimum absolute atomic E-state index is 0.0501. The largest absolute Gasteiger partial charge is 0.312 e. The second-order valence-electron chi connectivity index (χ2n) is 8.09. The van der Waals surface area contributed by atoms with Crippen molar-refractivity contribution in [3.05, 3.63) is 59.4 Å². The highest BCUT2D eigenvalue weighted by Crippen LogP contribution is 2.31. The molecule has 0 spiro atoms. The summed E-state index contributed by atoms with van der Waals surface area (Å²) in [6.07, 6.45) is 1.53. The highest BCUT2D eigenvalue weighted by molar-refractivity contribution is 7.89. The monoisotopic (exact) mass is 456 g/mol. The molecule has 1 amide bonds. The number of rotatable bonds is 4. The van der Waals surface area contributed by atoms with Gasteiger partial charge in [0.15, 0.2) is 0 Å². The Bertz CT molecular complexity index is 1150. The topological polar surface area (TPSA) is 84.7 Å². The Hall–Kier alpha value is -2.80. The van der Waals surface area contributed by atoms with Gasteiger partial charge in [-0.2, -0.15) is 9.57 Å². The molecular weight excluding hydrogens is 431 g/mol. The zero-order chi connectivity index (χ0) is 22.9. The molecule has 0 saturated carbocycles. The van der Waals surface area contributed by atoms with E-state index in [1.54, 1.807) is 35.2 Å². The number of carbonyl (C=O) groups is 1. The van der Waals surface area contributed by atoms with Gasteiger partial charge in [-0.25, -0.2) is 12.8 Å². The van der Waals surface area contributed by atoms with Crippen molar-refractivity contribution in [1.82, 2.24) is 9.21 Å². The van der Waals surface area contributed by atoms with Crippen molar-refractivity contribution < 1.29 is 17.6 Å². The molecule has 7 nitrogen and oxygen atoms in total. The van der Waals surface area contributed by atoms with E-state index in [-0.39, 0.29) is 29.7 Å². The summed E-state index contributed by atoms with van der Waals surface area (Å²) in [5.74, 6) is -0.413. The van der Waals surface area contributed by atoms with Crippen molar-refractivity contribution in [2.45, 2.75) is 30.7 Å². The van der Waals surface area contributed by atoms with Crippen molar-refractivity contribution in [3.8, 4) is 6.07 Å². The number of aryl methyl sites for hydroxylation is 1. The van der Waals surface area contributed by atoms with E-state index in [4.69, 9.17) is 0 Å². The molecule has 2 aromatic rings. The van der Waals surface area contributed by atoms with Crippen LogP contribution in [0, 0.1) is 17.1 Å². The van der Waals surface area contributed by atoms with Crippen molar-refractivity contribution in [2.24, 2.45) is 0 Å². The molecule has 0 unspecified atom stereocenters. The molecular formula is C23H25FN4O3S. The Kier molecular flexibility index (Phi) is 6.29.